The molecule has 0 amide bonds. The van der Waals surface area contributed by atoms with Crippen LogP contribution in [0.4, 0.5) is 0 Å². The van der Waals surface area contributed by atoms with Crippen LogP contribution in [-0.4, -0.2) is 36.1 Å². The van der Waals surface area contributed by atoms with Gasteiger partial charge in [0.05, 0.1) is 14.2 Å². The second kappa shape index (κ2) is 9.72. The number of allylic oxidation sites excluding steroid dienone is 1. The Morgan fingerprint density at radius 1 is 0.806 bits per heavy atom. The summed E-state index contributed by atoms with van der Waals surface area (Å²) in [5.41, 5.74) is 2.60. The molecule has 5 aromatic rings. The molecule has 5 aromatic carbocycles. The first-order valence-corrected chi connectivity index (χ1v) is 14.2. The van der Waals surface area contributed by atoms with Gasteiger partial charge in [-0.05, 0) is 79.6 Å². The number of ketones is 1. The quantitative estimate of drug-likeness (QED) is 0.132. The molecule has 0 aromatic heterocycles. The lowest BCUT2D eigenvalue weighted by molar-refractivity contribution is -0.112. The van der Waals surface area contributed by atoms with E-state index in [0.717, 1.165) is 34.4 Å². The van der Waals surface area contributed by atoms with Crippen LogP contribution in [0.3, 0.4) is 0 Å². The van der Waals surface area contributed by atoms with E-state index < -0.39 is 0 Å². The number of benzene rings is 5. The Kier molecular flexibility index (Phi) is 6.28. The highest BCUT2D eigenvalue weighted by Gasteiger charge is 2.27. The maximum atomic E-state index is 13.9. The van der Waals surface area contributed by atoms with Crippen molar-refractivity contribution >= 4 is 73.3 Å². The number of hydrogen-bond acceptors (Lipinski definition) is 5. The van der Waals surface area contributed by atoms with E-state index in [1.54, 1.807) is 37.7 Å². The summed E-state index contributed by atoms with van der Waals surface area (Å²) in [6.07, 6.45) is 3.22. The first-order chi connectivity index (χ1) is 17.7. The molecule has 0 spiro atoms. The van der Waals surface area contributed by atoms with Gasteiger partial charge in [0, 0.05) is 5.57 Å². The van der Waals surface area contributed by atoms with Gasteiger partial charge in [-0.25, -0.2) is 0 Å². The first kappa shape index (κ1) is 23.3. The fraction of sp³-hybridized carbons (Fsp3) is 0.194. The van der Waals surface area contributed by atoms with Gasteiger partial charge in [-0.2, -0.15) is 0 Å². The van der Waals surface area contributed by atoms with E-state index in [4.69, 9.17) is 9.47 Å². The van der Waals surface area contributed by atoms with Gasteiger partial charge in [0.2, 0.25) is 0 Å². The summed E-state index contributed by atoms with van der Waals surface area (Å²) < 4.78 is 10.9. The molecule has 0 N–H and O–H groups in total. The van der Waals surface area contributed by atoms with E-state index in [2.05, 4.69) is 60.7 Å². The zero-order valence-corrected chi connectivity index (χ0v) is 21.9. The Labute approximate surface area is 219 Å². The van der Waals surface area contributed by atoms with Gasteiger partial charge < -0.3 is 9.47 Å². The summed E-state index contributed by atoms with van der Waals surface area (Å²) in [6, 6.07) is 25.2. The highest BCUT2D eigenvalue weighted by molar-refractivity contribution is 8.18. The van der Waals surface area contributed by atoms with Crippen LogP contribution in [0.15, 0.2) is 72.8 Å². The lowest BCUT2D eigenvalue weighted by atomic mass is 9.90. The van der Waals surface area contributed by atoms with Crippen LogP contribution in [0.2, 0.25) is 0 Å². The first-order valence-electron chi connectivity index (χ1n) is 12.1. The average molecular weight is 511 g/mol. The third-order valence-corrected chi connectivity index (χ3v) is 9.76. The standard InChI is InChI=1S/C31H26O3S2/c1-33-26-14-12-23(18-27(26)34-2)25(30(32)31-35-15-4-16-36-31)17-22-10-9-21-8-7-19-5-3-6-20-11-13-24(22)29(21)28(19)20/h3,5-14,17-18,31H,4,15-16H2,1-2H3/b25-17+. The minimum absolute atomic E-state index is 0.0992. The Hall–Kier alpha value is -3.15. The molecule has 1 fully saturated rings. The number of hydrogen-bond donors (Lipinski definition) is 0. The third-order valence-electron chi connectivity index (χ3n) is 6.86. The van der Waals surface area contributed by atoms with Gasteiger partial charge >= 0.3 is 0 Å². The number of thioether (sulfide) groups is 2. The van der Waals surface area contributed by atoms with E-state index >= 15 is 0 Å². The molecule has 36 heavy (non-hydrogen) atoms. The van der Waals surface area contributed by atoms with Crippen LogP contribution >= 0.6 is 23.5 Å². The molecule has 0 radical (unpaired) electrons. The molecule has 1 aliphatic heterocycles. The van der Waals surface area contributed by atoms with Gasteiger partial charge in [0.25, 0.3) is 0 Å². The van der Waals surface area contributed by atoms with Crippen molar-refractivity contribution in [2.45, 2.75) is 11.0 Å². The summed E-state index contributed by atoms with van der Waals surface area (Å²) in [4.78, 5) is 13.9. The zero-order chi connectivity index (χ0) is 24.6. The molecule has 0 atom stereocenters. The fourth-order valence-corrected chi connectivity index (χ4v) is 7.86. The second-order valence-electron chi connectivity index (χ2n) is 8.93. The van der Waals surface area contributed by atoms with Gasteiger partial charge in [0.15, 0.2) is 17.3 Å². The topological polar surface area (TPSA) is 35.5 Å². The van der Waals surface area contributed by atoms with E-state index in [-0.39, 0.29) is 10.4 Å². The number of rotatable bonds is 6. The summed E-state index contributed by atoms with van der Waals surface area (Å²) in [7, 11) is 3.25. The Morgan fingerprint density at radius 2 is 1.47 bits per heavy atom. The van der Waals surface area contributed by atoms with Gasteiger partial charge in [-0.15, -0.1) is 23.5 Å². The Balaban J connectivity index is 1.57. The summed E-state index contributed by atoms with van der Waals surface area (Å²) in [5.74, 6) is 3.45. The van der Waals surface area contributed by atoms with Crippen molar-refractivity contribution in [1.29, 1.82) is 0 Å². The number of carbonyl (C=O) groups excluding carboxylic acids is 1. The second-order valence-corrected chi connectivity index (χ2v) is 11.7. The largest absolute Gasteiger partial charge is 0.493 e. The SMILES string of the molecule is COc1ccc(/C(=C\c2ccc3ccc4cccc5ccc2c3c45)C(=O)C2SCCCS2)cc1OC. The van der Waals surface area contributed by atoms with Crippen LogP contribution in [0.25, 0.3) is 44.0 Å². The number of methoxy groups -OCH3 is 2. The average Bonchev–Trinajstić information content (AvgIpc) is 2.94. The van der Waals surface area contributed by atoms with E-state index in [0.29, 0.717) is 17.1 Å². The van der Waals surface area contributed by atoms with Crippen LogP contribution in [-0.2, 0) is 4.79 Å². The van der Waals surface area contributed by atoms with E-state index in [1.807, 2.05) is 18.2 Å². The lowest BCUT2D eigenvalue weighted by Gasteiger charge is -2.22. The molecule has 0 unspecified atom stereocenters. The van der Waals surface area contributed by atoms with Crippen LogP contribution in [0.5, 0.6) is 11.5 Å². The normalized spacial score (nSPS) is 15.1. The molecule has 1 aliphatic rings. The van der Waals surface area contributed by atoms with Crippen molar-refractivity contribution in [2.75, 3.05) is 25.7 Å². The number of ether oxygens (including phenoxy) is 2. The summed E-state index contributed by atoms with van der Waals surface area (Å²) >= 11 is 3.50. The Bertz CT molecular complexity index is 1600. The molecule has 6 rings (SSSR count). The van der Waals surface area contributed by atoms with Crippen molar-refractivity contribution < 1.29 is 14.3 Å². The molecule has 0 saturated carbocycles. The monoisotopic (exact) mass is 510 g/mol. The minimum Gasteiger partial charge on any atom is -0.493 e. The molecule has 180 valence electrons. The summed E-state index contributed by atoms with van der Waals surface area (Å²) in [6.45, 7) is 0. The fourth-order valence-electron chi connectivity index (χ4n) is 5.11. The third kappa shape index (κ3) is 4.00. The Morgan fingerprint density at radius 3 is 2.19 bits per heavy atom. The van der Waals surface area contributed by atoms with Crippen LogP contribution < -0.4 is 9.47 Å². The molecule has 5 heteroatoms. The molecule has 0 bridgehead atoms. The van der Waals surface area contributed by atoms with Crippen LogP contribution in [0.1, 0.15) is 17.5 Å². The molecule has 1 saturated heterocycles. The predicted octanol–water partition coefficient (Wildman–Crippen LogP) is 7.91. The highest BCUT2D eigenvalue weighted by atomic mass is 32.2. The van der Waals surface area contributed by atoms with E-state index in [1.165, 1.54) is 26.9 Å². The van der Waals surface area contributed by atoms with Crippen molar-refractivity contribution in [2.24, 2.45) is 0 Å². The number of Topliss-reactive ketones (excluding diaryl/α,β-unsaturated/α-hetero) is 1. The molecular weight excluding hydrogens is 484 g/mol. The van der Waals surface area contributed by atoms with Gasteiger partial charge in [-0.1, -0.05) is 60.7 Å². The van der Waals surface area contributed by atoms with Crippen LogP contribution in [0, 0.1) is 0 Å². The maximum absolute atomic E-state index is 13.9. The molecular formula is C31H26O3S2. The minimum atomic E-state index is -0.0992. The molecule has 1 heterocycles. The smallest absolute Gasteiger partial charge is 0.186 e. The molecule has 0 aliphatic carbocycles. The lowest BCUT2D eigenvalue weighted by Crippen LogP contribution is -2.19. The molecule has 3 nitrogen and oxygen atoms in total. The zero-order valence-electron chi connectivity index (χ0n) is 20.2. The maximum Gasteiger partial charge on any atom is 0.186 e. The number of carbonyl (C=O) groups is 1. The predicted molar refractivity (Wildman–Crippen MR) is 156 cm³/mol. The summed E-state index contributed by atoms with van der Waals surface area (Å²) in [5, 5.41) is 7.37. The van der Waals surface area contributed by atoms with Crippen molar-refractivity contribution in [1.82, 2.24) is 0 Å². The van der Waals surface area contributed by atoms with Crippen molar-refractivity contribution in [3.63, 3.8) is 0 Å². The van der Waals surface area contributed by atoms with Crippen molar-refractivity contribution in [3.05, 3.63) is 83.9 Å². The van der Waals surface area contributed by atoms with E-state index in [9.17, 15) is 4.79 Å². The van der Waals surface area contributed by atoms with Gasteiger partial charge in [-0.3, -0.25) is 4.79 Å². The van der Waals surface area contributed by atoms with Gasteiger partial charge in [0.1, 0.15) is 4.58 Å². The van der Waals surface area contributed by atoms with Crippen molar-refractivity contribution in [3.8, 4) is 11.5 Å². The highest BCUT2D eigenvalue weighted by Crippen LogP contribution is 2.40.